The Bertz CT molecular complexity index is 204. The monoisotopic (exact) mass is 201 g/mol. The molecule has 1 saturated heterocycles. The van der Waals surface area contributed by atoms with Gasteiger partial charge in [-0.1, -0.05) is 0 Å². The third-order valence-corrected chi connectivity index (χ3v) is 2.50. The lowest BCUT2D eigenvalue weighted by Crippen LogP contribution is -2.32. The van der Waals surface area contributed by atoms with Gasteiger partial charge in [0.1, 0.15) is 0 Å². The highest BCUT2D eigenvalue weighted by atomic mass is 16.6. The van der Waals surface area contributed by atoms with Gasteiger partial charge in [0.05, 0.1) is 12.2 Å². The lowest BCUT2D eigenvalue weighted by atomic mass is 10.0. The van der Waals surface area contributed by atoms with E-state index in [1.54, 1.807) is 11.8 Å². The van der Waals surface area contributed by atoms with Crippen molar-refractivity contribution in [2.75, 3.05) is 13.1 Å². The van der Waals surface area contributed by atoms with E-state index in [1.807, 2.05) is 13.8 Å². The first-order valence-corrected chi connectivity index (χ1v) is 5.14. The van der Waals surface area contributed by atoms with E-state index in [-0.39, 0.29) is 24.2 Å². The summed E-state index contributed by atoms with van der Waals surface area (Å²) in [5.41, 5.74) is 0. The highest BCUT2D eigenvalue weighted by molar-refractivity contribution is 5.68. The van der Waals surface area contributed by atoms with Gasteiger partial charge in [0, 0.05) is 19.0 Å². The Kier molecular flexibility index (Phi) is 3.75. The van der Waals surface area contributed by atoms with Crippen molar-refractivity contribution in [2.45, 2.75) is 39.4 Å². The van der Waals surface area contributed by atoms with E-state index in [4.69, 9.17) is 4.74 Å². The lowest BCUT2D eigenvalue weighted by Gasteiger charge is -2.18. The second-order valence-corrected chi connectivity index (χ2v) is 4.17. The van der Waals surface area contributed by atoms with Crippen LogP contribution in [0.4, 0.5) is 4.79 Å². The maximum absolute atomic E-state index is 11.4. The average Bonchev–Trinajstić information content (AvgIpc) is 2.50. The molecule has 0 saturated carbocycles. The summed E-state index contributed by atoms with van der Waals surface area (Å²) in [5, 5.41) is 9.35. The molecule has 1 N–H and O–H groups in total. The van der Waals surface area contributed by atoms with Crippen molar-refractivity contribution in [1.82, 2.24) is 4.90 Å². The topological polar surface area (TPSA) is 49.8 Å². The second-order valence-electron chi connectivity index (χ2n) is 4.17. The molecular weight excluding hydrogens is 182 g/mol. The largest absolute Gasteiger partial charge is 0.447 e. The summed E-state index contributed by atoms with van der Waals surface area (Å²) in [6.45, 7) is 6.74. The number of hydrogen-bond donors (Lipinski definition) is 1. The molecule has 1 rings (SSSR count). The van der Waals surface area contributed by atoms with E-state index in [2.05, 4.69) is 0 Å². The van der Waals surface area contributed by atoms with Crippen LogP contribution in [0.15, 0.2) is 0 Å². The summed E-state index contributed by atoms with van der Waals surface area (Å²) < 4.78 is 5.07. The molecule has 1 amide bonds. The molecule has 4 heteroatoms. The van der Waals surface area contributed by atoms with E-state index in [0.717, 1.165) is 6.42 Å². The van der Waals surface area contributed by atoms with E-state index < -0.39 is 0 Å². The fourth-order valence-corrected chi connectivity index (χ4v) is 1.62. The summed E-state index contributed by atoms with van der Waals surface area (Å²) in [6.07, 6.45) is 0.188. The van der Waals surface area contributed by atoms with Crippen molar-refractivity contribution >= 4 is 6.09 Å². The van der Waals surface area contributed by atoms with E-state index in [0.29, 0.717) is 13.1 Å². The van der Waals surface area contributed by atoms with Crippen LogP contribution in [0.5, 0.6) is 0 Å². The quantitative estimate of drug-likeness (QED) is 0.731. The Labute approximate surface area is 84.8 Å². The number of aliphatic hydroxyl groups is 1. The van der Waals surface area contributed by atoms with Crippen molar-refractivity contribution < 1.29 is 14.6 Å². The molecule has 0 radical (unpaired) electrons. The molecule has 14 heavy (non-hydrogen) atoms. The van der Waals surface area contributed by atoms with Gasteiger partial charge in [-0.25, -0.2) is 4.79 Å². The summed E-state index contributed by atoms with van der Waals surface area (Å²) >= 11 is 0. The lowest BCUT2D eigenvalue weighted by molar-refractivity contribution is 0.0778. The second kappa shape index (κ2) is 4.64. The first kappa shape index (κ1) is 11.3. The van der Waals surface area contributed by atoms with Crippen LogP contribution in [0.3, 0.4) is 0 Å². The number of amides is 1. The van der Waals surface area contributed by atoms with Crippen LogP contribution in [-0.4, -0.2) is 41.4 Å². The molecule has 1 aliphatic heterocycles. The summed E-state index contributed by atoms with van der Waals surface area (Å²) in [7, 11) is 0. The van der Waals surface area contributed by atoms with Gasteiger partial charge >= 0.3 is 6.09 Å². The normalized spacial score (nSPS) is 24.1. The SMILES string of the molecule is CC(C)OC(=O)N1CCC(C(C)O)C1. The molecule has 0 spiro atoms. The van der Waals surface area contributed by atoms with Crippen LogP contribution >= 0.6 is 0 Å². The highest BCUT2D eigenvalue weighted by Crippen LogP contribution is 2.20. The van der Waals surface area contributed by atoms with Gasteiger partial charge in [-0.2, -0.15) is 0 Å². The molecule has 82 valence electrons. The molecule has 4 nitrogen and oxygen atoms in total. The Morgan fingerprint density at radius 2 is 2.14 bits per heavy atom. The summed E-state index contributed by atoms with van der Waals surface area (Å²) in [4.78, 5) is 13.1. The molecule has 2 unspecified atom stereocenters. The zero-order valence-corrected chi connectivity index (χ0v) is 9.06. The van der Waals surface area contributed by atoms with Crippen LogP contribution in [0.2, 0.25) is 0 Å². The molecule has 0 aromatic carbocycles. The fraction of sp³-hybridized carbons (Fsp3) is 0.900. The number of rotatable bonds is 2. The Morgan fingerprint density at radius 3 is 2.57 bits per heavy atom. The first-order chi connectivity index (χ1) is 6.50. The van der Waals surface area contributed by atoms with Crippen LogP contribution in [0.25, 0.3) is 0 Å². The number of likely N-dealkylation sites (tertiary alicyclic amines) is 1. The minimum absolute atomic E-state index is 0.0758. The minimum Gasteiger partial charge on any atom is -0.447 e. The fourth-order valence-electron chi connectivity index (χ4n) is 1.62. The van der Waals surface area contributed by atoms with Gasteiger partial charge in [0.15, 0.2) is 0 Å². The van der Waals surface area contributed by atoms with Crippen LogP contribution in [0.1, 0.15) is 27.2 Å². The molecule has 0 aliphatic carbocycles. The first-order valence-electron chi connectivity index (χ1n) is 5.14. The van der Waals surface area contributed by atoms with Crippen LogP contribution < -0.4 is 0 Å². The maximum Gasteiger partial charge on any atom is 0.410 e. The zero-order chi connectivity index (χ0) is 10.7. The van der Waals surface area contributed by atoms with Crippen molar-refractivity contribution in [3.05, 3.63) is 0 Å². The van der Waals surface area contributed by atoms with Crippen molar-refractivity contribution in [2.24, 2.45) is 5.92 Å². The summed E-state index contributed by atoms with van der Waals surface area (Å²) in [5.74, 6) is 0.203. The van der Waals surface area contributed by atoms with Gasteiger partial charge in [-0.15, -0.1) is 0 Å². The third-order valence-electron chi connectivity index (χ3n) is 2.50. The van der Waals surface area contributed by atoms with Crippen molar-refractivity contribution in [1.29, 1.82) is 0 Å². The standard InChI is InChI=1S/C10H19NO3/c1-7(2)14-10(13)11-5-4-9(6-11)8(3)12/h7-9,12H,4-6H2,1-3H3. The van der Waals surface area contributed by atoms with E-state index in [1.165, 1.54) is 0 Å². The van der Waals surface area contributed by atoms with Gasteiger partial charge in [0.25, 0.3) is 0 Å². The summed E-state index contributed by atoms with van der Waals surface area (Å²) in [6, 6.07) is 0. The number of aliphatic hydroxyl groups excluding tert-OH is 1. The molecule has 1 fully saturated rings. The highest BCUT2D eigenvalue weighted by Gasteiger charge is 2.30. The van der Waals surface area contributed by atoms with Crippen LogP contribution in [0, 0.1) is 5.92 Å². The Hall–Kier alpha value is -0.770. The number of nitrogens with zero attached hydrogens (tertiary/aromatic N) is 1. The Morgan fingerprint density at radius 1 is 1.50 bits per heavy atom. The third kappa shape index (κ3) is 2.87. The number of carbonyl (C=O) groups excluding carboxylic acids is 1. The van der Waals surface area contributed by atoms with Gasteiger partial charge in [-0.05, 0) is 27.2 Å². The van der Waals surface area contributed by atoms with Crippen LogP contribution in [-0.2, 0) is 4.74 Å². The molecule has 0 bridgehead atoms. The zero-order valence-electron chi connectivity index (χ0n) is 9.06. The smallest absolute Gasteiger partial charge is 0.410 e. The molecule has 0 aromatic rings. The van der Waals surface area contributed by atoms with Gasteiger partial charge in [-0.3, -0.25) is 0 Å². The molecule has 0 aromatic heterocycles. The Balaban J connectivity index is 2.38. The molecular formula is C10H19NO3. The van der Waals surface area contributed by atoms with Crippen molar-refractivity contribution in [3.8, 4) is 0 Å². The molecule has 1 heterocycles. The predicted molar refractivity (Wildman–Crippen MR) is 53.0 cm³/mol. The average molecular weight is 201 g/mol. The predicted octanol–water partition coefficient (Wildman–Crippen LogP) is 1.23. The molecule has 2 atom stereocenters. The number of ether oxygens (including phenoxy) is 1. The van der Waals surface area contributed by atoms with E-state index in [9.17, 15) is 9.90 Å². The maximum atomic E-state index is 11.4. The van der Waals surface area contributed by atoms with Crippen molar-refractivity contribution in [3.63, 3.8) is 0 Å². The van der Waals surface area contributed by atoms with E-state index >= 15 is 0 Å². The minimum atomic E-state index is -0.341. The molecule has 1 aliphatic rings. The van der Waals surface area contributed by atoms with Gasteiger partial charge < -0.3 is 14.7 Å². The number of carbonyl (C=O) groups is 1. The van der Waals surface area contributed by atoms with Gasteiger partial charge in [0.2, 0.25) is 0 Å². The number of hydrogen-bond acceptors (Lipinski definition) is 3.